The fourth-order valence-corrected chi connectivity index (χ4v) is 5.30. The molecule has 0 saturated heterocycles. The first kappa shape index (κ1) is 23.6. The number of amides is 1. The number of aryl methyl sites for hydroxylation is 1. The summed E-state index contributed by atoms with van der Waals surface area (Å²) in [6.45, 7) is 10.6. The van der Waals surface area contributed by atoms with E-state index in [4.69, 9.17) is 21.1 Å². The summed E-state index contributed by atoms with van der Waals surface area (Å²) in [5.41, 5.74) is 2.60. The molecule has 1 atom stereocenters. The van der Waals surface area contributed by atoms with Crippen LogP contribution in [0.25, 0.3) is 0 Å². The summed E-state index contributed by atoms with van der Waals surface area (Å²) in [5, 5.41) is 4.09. The molecule has 7 heteroatoms. The van der Waals surface area contributed by atoms with Gasteiger partial charge in [0.2, 0.25) is 0 Å². The van der Waals surface area contributed by atoms with Crippen LogP contribution in [0.5, 0.6) is 5.75 Å². The van der Waals surface area contributed by atoms with Gasteiger partial charge in [0.05, 0.1) is 12.2 Å². The quantitative estimate of drug-likeness (QED) is 0.529. The zero-order valence-electron chi connectivity index (χ0n) is 18.8. The van der Waals surface area contributed by atoms with E-state index < -0.39 is 0 Å². The van der Waals surface area contributed by atoms with Gasteiger partial charge in [0.1, 0.15) is 10.8 Å². The highest BCUT2D eigenvalue weighted by atomic mass is 35.5. The van der Waals surface area contributed by atoms with E-state index in [0.29, 0.717) is 33.9 Å². The van der Waals surface area contributed by atoms with Crippen molar-refractivity contribution in [1.82, 2.24) is 0 Å². The number of hydrogen-bond donors (Lipinski definition) is 1. The summed E-state index contributed by atoms with van der Waals surface area (Å²) < 4.78 is 10.9. The van der Waals surface area contributed by atoms with E-state index in [0.717, 1.165) is 30.4 Å². The molecule has 1 heterocycles. The Morgan fingerprint density at radius 3 is 2.68 bits per heavy atom. The Balaban J connectivity index is 1.77. The zero-order valence-corrected chi connectivity index (χ0v) is 20.3. The lowest BCUT2D eigenvalue weighted by Crippen LogP contribution is -2.26. The Kier molecular flexibility index (Phi) is 7.32. The molecule has 1 amide bonds. The number of benzene rings is 1. The van der Waals surface area contributed by atoms with Crippen molar-refractivity contribution in [3.8, 4) is 5.75 Å². The highest BCUT2D eigenvalue weighted by Crippen LogP contribution is 2.44. The number of fused-ring (bicyclic) bond motifs is 1. The van der Waals surface area contributed by atoms with Crippen LogP contribution in [-0.4, -0.2) is 25.1 Å². The number of ether oxygens (including phenoxy) is 2. The molecule has 2 aromatic rings. The van der Waals surface area contributed by atoms with Crippen molar-refractivity contribution < 1.29 is 19.1 Å². The maximum absolute atomic E-state index is 12.7. The van der Waals surface area contributed by atoms with Crippen molar-refractivity contribution >= 4 is 39.8 Å². The average Bonchev–Trinajstić information content (AvgIpc) is 3.05. The Hall–Kier alpha value is -2.05. The van der Waals surface area contributed by atoms with Crippen LogP contribution in [0.3, 0.4) is 0 Å². The molecule has 0 saturated carbocycles. The van der Waals surface area contributed by atoms with Crippen molar-refractivity contribution in [2.24, 2.45) is 11.3 Å². The molecule has 0 aliphatic heterocycles. The molecule has 1 unspecified atom stereocenters. The number of carbonyl (C=O) groups excluding carboxylic acids is 2. The second-order valence-electron chi connectivity index (χ2n) is 8.98. The van der Waals surface area contributed by atoms with Gasteiger partial charge in [-0.1, -0.05) is 32.4 Å². The zero-order chi connectivity index (χ0) is 22.8. The van der Waals surface area contributed by atoms with Crippen molar-refractivity contribution in [2.45, 2.75) is 53.9 Å². The van der Waals surface area contributed by atoms with Crippen LogP contribution in [0.1, 0.15) is 60.5 Å². The van der Waals surface area contributed by atoms with Crippen molar-refractivity contribution in [3.05, 3.63) is 44.8 Å². The third-order valence-corrected chi connectivity index (χ3v) is 7.32. The summed E-state index contributed by atoms with van der Waals surface area (Å²) in [5.74, 6) is 0.415. The second-order valence-corrected chi connectivity index (χ2v) is 10.5. The Labute approximate surface area is 193 Å². The van der Waals surface area contributed by atoms with Gasteiger partial charge in [0.15, 0.2) is 6.61 Å². The first-order chi connectivity index (χ1) is 14.6. The van der Waals surface area contributed by atoms with Gasteiger partial charge in [-0.2, -0.15) is 0 Å². The van der Waals surface area contributed by atoms with Crippen LogP contribution in [0.15, 0.2) is 18.2 Å². The fraction of sp³-hybridized carbons (Fsp3) is 0.500. The molecule has 1 N–H and O–H groups in total. The number of nitrogens with one attached hydrogen (secondary N) is 1. The first-order valence-corrected chi connectivity index (χ1v) is 11.8. The molecular weight excluding hydrogens is 434 g/mol. The number of carbonyl (C=O) groups is 2. The third-order valence-electron chi connectivity index (χ3n) is 5.72. The molecule has 1 aromatic carbocycles. The molecule has 168 valence electrons. The third kappa shape index (κ3) is 5.60. The van der Waals surface area contributed by atoms with Crippen molar-refractivity contribution in [3.63, 3.8) is 0 Å². The van der Waals surface area contributed by atoms with Crippen LogP contribution in [-0.2, 0) is 22.4 Å². The van der Waals surface area contributed by atoms with Gasteiger partial charge in [-0.3, -0.25) is 4.79 Å². The topological polar surface area (TPSA) is 64.6 Å². The second kappa shape index (κ2) is 9.61. The van der Waals surface area contributed by atoms with E-state index in [1.807, 2.05) is 6.92 Å². The van der Waals surface area contributed by atoms with E-state index in [9.17, 15) is 9.59 Å². The van der Waals surface area contributed by atoms with Crippen molar-refractivity contribution in [2.75, 3.05) is 18.5 Å². The molecule has 5 nitrogen and oxygen atoms in total. The Bertz CT molecular complexity index is 977. The van der Waals surface area contributed by atoms with Crippen LogP contribution in [0, 0.1) is 18.3 Å². The highest BCUT2D eigenvalue weighted by Gasteiger charge is 2.34. The minimum absolute atomic E-state index is 0.156. The smallest absolute Gasteiger partial charge is 0.341 e. The molecule has 1 aliphatic rings. The van der Waals surface area contributed by atoms with Crippen LogP contribution >= 0.6 is 22.9 Å². The predicted molar refractivity (Wildman–Crippen MR) is 126 cm³/mol. The van der Waals surface area contributed by atoms with E-state index >= 15 is 0 Å². The monoisotopic (exact) mass is 463 g/mol. The largest absolute Gasteiger partial charge is 0.484 e. The van der Waals surface area contributed by atoms with Gasteiger partial charge in [0, 0.05) is 9.90 Å². The molecule has 3 rings (SSSR count). The lowest BCUT2D eigenvalue weighted by atomic mass is 9.72. The minimum Gasteiger partial charge on any atom is -0.484 e. The summed E-state index contributed by atoms with van der Waals surface area (Å²) >= 11 is 7.52. The van der Waals surface area contributed by atoms with Crippen LogP contribution < -0.4 is 10.1 Å². The average molecular weight is 464 g/mol. The van der Waals surface area contributed by atoms with Gasteiger partial charge in [-0.25, -0.2) is 4.79 Å². The lowest BCUT2D eigenvalue weighted by molar-refractivity contribution is -0.118. The molecular formula is C24H30ClNO4S. The minimum atomic E-state index is -0.376. The summed E-state index contributed by atoms with van der Waals surface area (Å²) in [4.78, 5) is 26.5. The number of halogens is 1. The predicted octanol–water partition coefficient (Wildman–Crippen LogP) is 6.06. The molecule has 0 bridgehead atoms. The molecule has 0 radical (unpaired) electrons. The highest BCUT2D eigenvalue weighted by molar-refractivity contribution is 7.17. The first-order valence-electron chi connectivity index (χ1n) is 10.6. The molecule has 31 heavy (non-hydrogen) atoms. The van der Waals surface area contributed by atoms with Crippen molar-refractivity contribution in [1.29, 1.82) is 0 Å². The van der Waals surface area contributed by atoms with Gasteiger partial charge in [-0.15, -0.1) is 11.3 Å². The molecule has 0 spiro atoms. The molecule has 1 aliphatic carbocycles. The number of hydrogen-bond acceptors (Lipinski definition) is 5. The van der Waals surface area contributed by atoms with E-state index in [2.05, 4.69) is 26.1 Å². The van der Waals surface area contributed by atoms with Crippen LogP contribution in [0.2, 0.25) is 5.02 Å². The number of anilines is 1. The van der Waals surface area contributed by atoms with Gasteiger partial charge in [-0.05, 0) is 73.8 Å². The van der Waals surface area contributed by atoms with Crippen LogP contribution in [0.4, 0.5) is 5.00 Å². The van der Waals surface area contributed by atoms with Gasteiger partial charge < -0.3 is 14.8 Å². The standard InChI is InChI=1S/C24H30ClNO4S/c1-6-29-23(28)21-17-9-7-15(24(3,4)5)12-19(17)31-22(21)26-20(27)13-30-16-8-10-18(25)14(2)11-16/h8,10-11,15H,6-7,9,12-13H2,1-5H3,(H,26,27). The normalized spacial score (nSPS) is 15.9. The summed E-state index contributed by atoms with van der Waals surface area (Å²) in [7, 11) is 0. The summed E-state index contributed by atoms with van der Waals surface area (Å²) in [6.07, 6.45) is 2.75. The molecule has 1 aromatic heterocycles. The van der Waals surface area contributed by atoms with E-state index in [-0.39, 0.29) is 23.9 Å². The maximum Gasteiger partial charge on any atom is 0.341 e. The maximum atomic E-state index is 12.7. The number of esters is 1. The number of thiophene rings is 1. The SMILES string of the molecule is CCOC(=O)c1c(NC(=O)COc2ccc(Cl)c(C)c2)sc2c1CCC(C(C)(C)C)C2. The Morgan fingerprint density at radius 2 is 2.03 bits per heavy atom. The van der Waals surface area contributed by atoms with Gasteiger partial charge >= 0.3 is 5.97 Å². The Morgan fingerprint density at radius 1 is 1.29 bits per heavy atom. The van der Waals surface area contributed by atoms with E-state index in [1.54, 1.807) is 25.1 Å². The van der Waals surface area contributed by atoms with Gasteiger partial charge in [0.25, 0.3) is 5.91 Å². The lowest BCUT2D eigenvalue weighted by Gasteiger charge is -2.33. The molecule has 0 fully saturated rings. The van der Waals surface area contributed by atoms with E-state index in [1.165, 1.54) is 16.2 Å². The summed E-state index contributed by atoms with van der Waals surface area (Å²) in [6, 6.07) is 5.25. The number of rotatable bonds is 6. The fourth-order valence-electron chi connectivity index (χ4n) is 3.85.